The Labute approximate surface area is 234 Å². The molecule has 40 heavy (non-hydrogen) atoms. The largest absolute Gasteiger partial charge is 0.491 e. The Hall–Kier alpha value is -3.50. The van der Waals surface area contributed by atoms with Crippen molar-refractivity contribution in [3.63, 3.8) is 0 Å². The first-order chi connectivity index (χ1) is 19.4. The number of rotatable bonds is 10. The molecule has 4 heterocycles. The lowest BCUT2D eigenvalue weighted by Gasteiger charge is -2.37. The van der Waals surface area contributed by atoms with E-state index < -0.39 is 5.82 Å². The SMILES string of the molecule is CCOc1cc(CCN2CC3(CC3)c3c(CN4CC[C@H](O)C4)cc(Cn4ccnc4NC)cc3C2=O)ncc1F. The molecule has 3 aromatic rings. The summed E-state index contributed by atoms with van der Waals surface area (Å²) in [6, 6.07) is 5.96. The van der Waals surface area contributed by atoms with Crippen molar-refractivity contribution in [3.05, 3.63) is 70.6 Å². The van der Waals surface area contributed by atoms with Gasteiger partial charge in [0.2, 0.25) is 5.95 Å². The molecule has 6 rings (SSSR count). The normalized spacial score (nSPS) is 19.8. The molecule has 1 aliphatic carbocycles. The fourth-order valence-corrected chi connectivity index (χ4v) is 6.38. The summed E-state index contributed by atoms with van der Waals surface area (Å²) in [5.74, 6) is 0.522. The van der Waals surface area contributed by atoms with Gasteiger partial charge in [-0.3, -0.25) is 14.7 Å². The number of amides is 1. The maximum atomic E-state index is 14.0. The van der Waals surface area contributed by atoms with Crippen LogP contribution in [-0.2, 0) is 24.9 Å². The van der Waals surface area contributed by atoms with Crippen molar-refractivity contribution in [2.24, 2.45) is 0 Å². The van der Waals surface area contributed by atoms with E-state index in [4.69, 9.17) is 4.74 Å². The topological polar surface area (TPSA) is 95.7 Å². The minimum absolute atomic E-state index is 0.0312. The molecule has 1 spiro atoms. The van der Waals surface area contributed by atoms with Crippen LogP contribution < -0.4 is 10.1 Å². The number of halogens is 1. The maximum absolute atomic E-state index is 14.0. The molecule has 1 saturated carbocycles. The van der Waals surface area contributed by atoms with Crippen molar-refractivity contribution in [2.75, 3.05) is 45.2 Å². The number of ether oxygens (including phenoxy) is 1. The third-order valence-corrected chi connectivity index (χ3v) is 8.42. The first kappa shape index (κ1) is 26.7. The summed E-state index contributed by atoms with van der Waals surface area (Å²) in [7, 11) is 1.85. The molecule has 2 N–H and O–H groups in total. The average Bonchev–Trinajstić information content (AvgIpc) is 3.34. The fourth-order valence-electron chi connectivity index (χ4n) is 6.38. The van der Waals surface area contributed by atoms with Gasteiger partial charge in [-0.05, 0) is 48.9 Å². The summed E-state index contributed by atoms with van der Waals surface area (Å²) in [4.78, 5) is 26.9. The highest BCUT2D eigenvalue weighted by atomic mass is 19.1. The Balaban J connectivity index is 1.31. The summed E-state index contributed by atoms with van der Waals surface area (Å²) in [5, 5.41) is 13.3. The highest BCUT2D eigenvalue weighted by molar-refractivity contribution is 5.98. The minimum atomic E-state index is -0.476. The van der Waals surface area contributed by atoms with E-state index in [9.17, 15) is 14.3 Å². The van der Waals surface area contributed by atoms with Crippen molar-refractivity contribution in [1.29, 1.82) is 0 Å². The molecule has 9 nitrogen and oxygen atoms in total. The smallest absolute Gasteiger partial charge is 0.254 e. The van der Waals surface area contributed by atoms with E-state index in [2.05, 4.69) is 32.3 Å². The van der Waals surface area contributed by atoms with E-state index in [0.29, 0.717) is 44.9 Å². The third-order valence-electron chi connectivity index (χ3n) is 8.42. The number of hydrogen-bond donors (Lipinski definition) is 2. The van der Waals surface area contributed by atoms with Crippen LogP contribution in [0.2, 0.25) is 0 Å². The van der Waals surface area contributed by atoms with Crippen LogP contribution in [0.15, 0.2) is 36.8 Å². The number of aromatic nitrogens is 3. The Morgan fingerprint density at radius 1 is 1.23 bits per heavy atom. The molecule has 1 aromatic carbocycles. The number of imidazole rings is 1. The van der Waals surface area contributed by atoms with Gasteiger partial charge < -0.3 is 24.6 Å². The van der Waals surface area contributed by atoms with Gasteiger partial charge in [-0.15, -0.1) is 0 Å². The lowest BCUT2D eigenvalue weighted by atomic mass is 9.81. The number of aliphatic hydroxyl groups is 1. The Kier molecular flexibility index (Phi) is 7.22. The molecule has 1 amide bonds. The van der Waals surface area contributed by atoms with Gasteiger partial charge in [-0.1, -0.05) is 6.07 Å². The van der Waals surface area contributed by atoms with Crippen molar-refractivity contribution < 1.29 is 19.0 Å². The molecule has 0 bridgehead atoms. The van der Waals surface area contributed by atoms with Crippen molar-refractivity contribution in [2.45, 2.75) is 57.2 Å². The van der Waals surface area contributed by atoms with E-state index in [0.717, 1.165) is 49.4 Å². The van der Waals surface area contributed by atoms with E-state index in [1.807, 2.05) is 29.6 Å². The molecule has 1 saturated heterocycles. The summed E-state index contributed by atoms with van der Waals surface area (Å²) >= 11 is 0. The van der Waals surface area contributed by atoms with Gasteiger partial charge in [0.05, 0.1) is 25.5 Å². The number of β-amino-alcohol motifs (C(OH)–C–C–N with tert-alkyl or cyclic N) is 1. The highest BCUT2D eigenvalue weighted by Crippen LogP contribution is 2.54. The quantitative estimate of drug-likeness (QED) is 0.402. The average molecular weight is 549 g/mol. The number of aliphatic hydroxyl groups excluding tert-OH is 1. The van der Waals surface area contributed by atoms with Crippen LogP contribution in [0.3, 0.4) is 0 Å². The number of nitrogens with zero attached hydrogens (tertiary/aromatic N) is 5. The third kappa shape index (κ3) is 5.17. The van der Waals surface area contributed by atoms with Crippen LogP contribution in [0.25, 0.3) is 0 Å². The van der Waals surface area contributed by atoms with Crippen LogP contribution in [-0.4, -0.2) is 81.3 Å². The zero-order valence-electron chi connectivity index (χ0n) is 23.2. The van der Waals surface area contributed by atoms with Gasteiger partial charge in [-0.25, -0.2) is 9.37 Å². The highest BCUT2D eigenvalue weighted by Gasteiger charge is 2.52. The molecule has 212 valence electrons. The van der Waals surface area contributed by atoms with E-state index >= 15 is 0 Å². The monoisotopic (exact) mass is 548 g/mol. The number of nitrogens with one attached hydrogen (secondary N) is 1. The molecular formula is C30H37FN6O3. The summed E-state index contributed by atoms with van der Waals surface area (Å²) in [5.41, 5.74) is 4.89. The number of fused-ring (bicyclic) bond motifs is 2. The number of hydrogen-bond acceptors (Lipinski definition) is 7. The zero-order valence-corrected chi connectivity index (χ0v) is 23.2. The number of anilines is 1. The Morgan fingerprint density at radius 3 is 2.80 bits per heavy atom. The van der Waals surface area contributed by atoms with Gasteiger partial charge in [0.15, 0.2) is 11.6 Å². The molecule has 0 unspecified atom stereocenters. The second kappa shape index (κ2) is 10.8. The maximum Gasteiger partial charge on any atom is 0.254 e. The molecule has 10 heteroatoms. The van der Waals surface area contributed by atoms with Gasteiger partial charge in [0.25, 0.3) is 5.91 Å². The number of likely N-dealkylation sites (tertiary alicyclic amines) is 1. The van der Waals surface area contributed by atoms with Crippen molar-refractivity contribution in [3.8, 4) is 5.75 Å². The molecular weight excluding hydrogens is 511 g/mol. The van der Waals surface area contributed by atoms with Crippen LogP contribution in [0.1, 0.15) is 58.9 Å². The number of carbonyl (C=O) groups is 1. The van der Waals surface area contributed by atoms with Gasteiger partial charge >= 0.3 is 0 Å². The van der Waals surface area contributed by atoms with Crippen LogP contribution in [0.4, 0.5) is 10.3 Å². The van der Waals surface area contributed by atoms with Gasteiger partial charge in [0, 0.05) is 81.3 Å². The van der Waals surface area contributed by atoms with Crippen molar-refractivity contribution in [1.82, 2.24) is 24.3 Å². The van der Waals surface area contributed by atoms with Crippen LogP contribution in [0, 0.1) is 5.82 Å². The predicted octanol–water partition coefficient (Wildman–Crippen LogP) is 3.20. The lowest BCUT2D eigenvalue weighted by Crippen LogP contribution is -2.45. The van der Waals surface area contributed by atoms with E-state index in [1.165, 1.54) is 17.3 Å². The molecule has 2 fully saturated rings. The second-order valence-electron chi connectivity index (χ2n) is 11.3. The predicted molar refractivity (Wildman–Crippen MR) is 149 cm³/mol. The summed E-state index contributed by atoms with van der Waals surface area (Å²) in [6.07, 6.45) is 8.01. The van der Waals surface area contributed by atoms with Crippen LogP contribution >= 0.6 is 0 Å². The second-order valence-corrected chi connectivity index (χ2v) is 11.3. The number of pyridine rings is 1. The first-order valence-electron chi connectivity index (χ1n) is 14.2. The number of benzene rings is 1. The zero-order chi connectivity index (χ0) is 27.9. The summed E-state index contributed by atoms with van der Waals surface area (Å²) in [6.45, 7) is 6.22. The lowest BCUT2D eigenvalue weighted by molar-refractivity contribution is 0.0713. The van der Waals surface area contributed by atoms with Crippen molar-refractivity contribution >= 4 is 11.9 Å². The van der Waals surface area contributed by atoms with Gasteiger partial charge in [-0.2, -0.15) is 0 Å². The fraction of sp³-hybridized carbons (Fsp3) is 0.500. The summed E-state index contributed by atoms with van der Waals surface area (Å²) < 4.78 is 21.5. The van der Waals surface area contributed by atoms with Crippen LogP contribution in [0.5, 0.6) is 5.75 Å². The van der Waals surface area contributed by atoms with E-state index in [1.54, 1.807) is 12.3 Å². The minimum Gasteiger partial charge on any atom is -0.491 e. The Morgan fingerprint density at radius 2 is 2.08 bits per heavy atom. The van der Waals surface area contributed by atoms with E-state index in [-0.39, 0.29) is 23.2 Å². The standard InChI is InChI=1S/C30H37FN6O3/c1-3-40-26-14-22(34-15-25(26)31)4-10-37-19-30(6-7-30)27-21(17-35-9-5-23(38)18-35)12-20(13-24(27)28(37)39)16-36-11-8-33-29(36)32-2/h8,11-15,23,38H,3-7,9-10,16-19H2,1-2H3,(H,32,33)/t23-/m0/s1. The Bertz CT molecular complexity index is 1400. The molecule has 0 radical (unpaired) electrons. The van der Waals surface area contributed by atoms with Gasteiger partial charge in [0.1, 0.15) is 0 Å². The molecule has 2 aromatic heterocycles. The molecule has 2 aliphatic heterocycles. The number of carbonyl (C=O) groups excluding carboxylic acids is 1. The molecule has 3 aliphatic rings. The molecule has 1 atom stereocenters. The first-order valence-corrected chi connectivity index (χ1v) is 14.2.